The Bertz CT molecular complexity index is 404. The van der Waals surface area contributed by atoms with Crippen LogP contribution in [-0.2, 0) is 16.0 Å². The van der Waals surface area contributed by atoms with Crippen molar-refractivity contribution in [3.05, 3.63) is 29.8 Å². The Morgan fingerprint density at radius 1 is 1.35 bits per heavy atom. The van der Waals surface area contributed by atoms with Crippen LogP contribution < -0.4 is 11.1 Å². The van der Waals surface area contributed by atoms with Crippen LogP contribution in [0.25, 0.3) is 0 Å². The number of nitrogens with two attached hydrogens (primary N) is 1. The first kappa shape index (κ1) is 16.5. The highest BCUT2D eigenvalue weighted by Crippen LogP contribution is 2.10. The molecule has 0 saturated carbocycles. The normalized spacial score (nSPS) is 12.4. The van der Waals surface area contributed by atoms with Gasteiger partial charge in [0.05, 0.1) is 12.1 Å². The Hall–Kier alpha value is -1.59. The Balaban J connectivity index is 2.23. The SMILES string of the molecule is CC(C)OCCCNC(=O)[C@@H](N)Cc1ccc(O)cc1. The monoisotopic (exact) mass is 280 g/mol. The number of carbonyl (C=O) groups excluding carboxylic acids is 1. The number of carbonyl (C=O) groups is 1. The van der Waals surface area contributed by atoms with Crippen molar-refractivity contribution in [3.8, 4) is 5.75 Å². The summed E-state index contributed by atoms with van der Waals surface area (Å²) in [6.07, 6.45) is 1.44. The summed E-state index contributed by atoms with van der Waals surface area (Å²) < 4.78 is 5.38. The molecule has 5 nitrogen and oxygen atoms in total. The van der Waals surface area contributed by atoms with E-state index in [9.17, 15) is 9.90 Å². The van der Waals surface area contributed by atoms with Crippen molar-refractivity contribution in [2.24, 2.45) is 5.73 Å². The van der Waals surface area contributed by atoms with Gasteiger partial charge in [-0.2, -0.15) is 0 Å². The van der Waals surface area contributed by atoms with Gasteiger partial charge in [-0.15, -0.1) is 0 Å². The lowest BCUT2D eigenvalue weighted by molar-refractivity contribution is -0.122. The summed E-state index contributed by atoms with van der Waals surface area (Å²) in [5, 5.41) is 12.0. The van der Waals surface area contributed by atoms with Crippen LogP contribution in [0, 0.1) is 0 Å². The molecule has 0 aliphatic rings. The third-order valence-electron chi connectivity index (χ3n) is 2.80. The fourth-order valence-electron chi connectivity index (χ4n) is 1.71. The lowest BCUT2D eigenvalue weighted by Gasteiger charge is -2.13. The minimum Gasteiger partial charge on any atom is -0.508 e. The molecule has 0 aromatic heterocycles. The van der Waals surface area contributed by atoms with Gasteiger partial charge in [0.2, 0.25) is 5.91 Å². The molecule has 4 N–H and O–H groups in total. The largest absolute Gasteiger partial charge is 0.508 e. The standard InChI is InChI=1S/C15H24N2O3/c1-11(2)20-9-3-8-17-15(19)14(16)10-12-4-6-13(18)7-5-12/h4-7,11,14,18H,3,8-10,16H2,1-2H3,(H,17,19)/t14-/m0/s1. The quantitative estimate of drug-likeness (QED) is 0.625. The Kier molecular flexibility index (Phi) is 7.04. The molecule has 0 spiro atoms. The van der Waals surface area contributed by atoms with Crippen LogP contribution in [0.4, 0.5) is 0 Å². The van der Waals surface area contributed by atoms with E-state index in [2.05, 4.69) is 5.32 Å². The number of rotatable bonds is 8. The first-order valence-corrected chi connectivity index (χ1v) is 6.92. The smallest absolute Gasteiger partial charge is 0.237 e. The maximum absolute atomic E-state index is 11.8. The van der Waals surface area contributed by atoms with Crippen molar-refractivity contribution in [2.45, 2.75) is 38.8 Å². The molecule has 0 bridgehead atoms. The third-order valence-corrected chi connectivity index (χ3v) is 2.80. The molecule has 0 radical (unpaired) electrons. The van der Waals surface area contributed by atoms with Crippen molar-refractivity contribution >= 4 is 5.91 Å². The molecule has 1 aromatic carbocycles. The highest BCUT2D eigenvalue weighted by molar-refractivity contribution is 5.81. The minimum atomic E-state index is -0.578. The number of phenolic OH excluding ortho intramolecular Hbond substituents is 1. The van der Waals surface area contributed by atoms with E-state index in [1.807, 2.05) is 13.8 Å². The van der Waals surface area contributed by atoms with Crippen molar-refractivity contribution in [1.82, 2.24) is 5.32 Å². The van der Waals surface area contributed by atoms with Gasteiger partial charge in [0, 0.05) is 13.2 Å². The number of hydrogen-bond acceptors (Lipinski definition) is 4. The number of amides is 1. The number of aromatic hydroxyl groups is 1. The minimum absolute atomic E-state index is 0.164. The molecule has 0 aliphatic carbocycles. The van der Waals surface area contributed by atoms with Gasteiger partial charge in [-0.1, -0.05) is 12.1 Å². The molecule has 1 aromatic rings. The highest BCUT2D eigenvalue weighted by atomic mass is 16.5. The number of ether oxygens (including phenoxy) is 1. The van der Waals surface area contributed by atoms with Gasteiger partial charge < -0.3 is 20.9 Å². The van der Waals surface area contributed by atoms with Crippen molar-refractivity contribution in [3.63, 3.8) is 0 Å². The second kappa shape index (κ2) is 8.55. The van der Waals surface area contributed by atoms with Gasteiger partial charge in [0.15, 0.2) is 0 Å². The molecule has 0 aliphatic heterocycles. The van der Waals surface area contributed by atoms with E-state index in [1.165, 1.54) is 0 Å². The molecule has 0 unspecified atom stereocenters. The van der Waals surface area contributed by atoms with Crippen LogP contribution >= 0.6 is 0 Å². The number of hydrogen-bond donors (Lipinski definition) is 3. The van der Waals surface area contributed by atoms with Gasteiger partial charge >= 0.3 is 0 Å². The molecule has 1 atom stereocenters. The Morgan fingerprint density at radius 3 is 2.60 bits per heavy atom. The zero-order valence-corrected chi connectivity index (χ0v) is 12.1. The topological polar surface area (TPSA) is 84.6 Å². The summed E-state index contributed by atoms with van der Waals surface area (Å²) >= 11 is 0. The molecular weight excluding hydrogens is 256 g/mol. The van der Waals surface area contributed by atoms with E-state index in [0.717, 1.165) is 12.0 Å². The van der Waals surface area contributed by atoms with Crippen LogP contribution in [0.1, 0.15) is 25.8 Å². The first-order valence-electron chi connectivity index (χ1n) is 6.92. The van der Waals surface area contributed by atoms with Gasteiger partial charge in [-0.25, -0.2) is 0 Å². The Labute approximate surface area is 120 Å². The zero-order valence-electron chi connectivity index (χ0n) is 12.1. The lowest BCUT2D eigenvalue weighted by Crippen LogP contribution is -2.42. The zero-order chi connectivity index (χ0) is 15.0. The average Bonchev–Trinajstić information content (AvgIpc) is 2.40. The molecule has 1 amide bonds. The number of phenols is 1. The van der Waals surface area contributed by atoms with E-state index in [0.29, 0.717) is 19.6 Å². The lowest BCUT2D eigenvalue weighted by atomic mass is 10.1. The predicted octanol–water partition coefficient (Wildman–Crippen LogP) is 1.19. The van der Waals surface area contributed by atoms with E-state index in [1.54, 1.807) is 24.3 Å². The molecule has 0 fully saturated rings. The molecule has 112 valence electrons. The molecule has 5 heteroatoms. The summed E-state index contributed by atoms with van der Waals surface area (Å²) in [5.74, 6) is 0.0412. The maximum atomic E-state index is 11.8. The molecular formula is C15H24N2O3. The molecule has 1 rings (SSSR count). The third kappa shape index (κ3) is 6.54. The summed E-state index contributed by atoms with van der Waals surface area (Å²) in [6, 6.07) is 6.12. The highest BCUT2D eigenvalue weighted by Gasteiger charge is 2.13. The van der Waals surface area contributed by atoms with Gasteiger partial charge in [-0.3, -0.25) is 4.79 Å². The number of benzene rings is 1. The summed E-state index contributed by atoms with van der Waals surface area (Å²) in [5.41, 5.74) is 6.77. The van der Waals surface area contributed by atoms with Gasteiger partial charge in [-0.05, 0) is 44.4 Å². The summed E-state index contributed by atoms with van der Waals surface area (Å²) in [7, 11) is 0. The van der Waals surface area contributed by atoms with Crippen LogP contribution in [0.3, 0.4) is 0 Å². The fraction of sp³-hybridized carbons (Fsp3) is 0.533. The van der Waals surface area contributed by atoms with E-state index >= 15 is 0 Å². The van der Waals surface area contributed by atoms with E-state index in [4.69, 9.17) is 10.5 Å². The summed E-state index contributed by atoms with van der Waals surface area (Å²) in [4.78, 5) is 11.8. The van der Waals surface area contributed by atoms with Crippen LogP contribution in [0.5, 0.6) is 5.75 Å². The van der Waals surface area contributed by atoms with Crippen molar-refractivity contribution < 1.29 is 14.6 Å². The fourth-order valence-corrected chi connectivity index (χ4v) is 1.71. The van der Waals surface area contributed by atoms with Crippen LogP contribution in [-0.4, -0.2) is 36.3 Å². The van der Waals surface area contributed by atoms with E-state index < -0.39 is 6.04 Å². The van der Waals surface area contributed by atoms with Crippen LogP contribution in [0.15, 0.2) is 24.3 Å². The predicted molar refractivity (Wildman–Crippen MR) is 78.5 cm³/mol. The van der Waals surface area contributed by atoms with E-state index in [-0.39, 0.29) is 17.8 Å². The van der Waals surface area contributed by atoms with Crippen molar-refractivity contribution in [2.75, 3.05) is 13.2 Å². The second-order valence-corrected chi connectivity index (χ2v) is 5.04. The molecule has 20 heavy (non-hydrogen) atoms. The molecule has 0 saturated heterocycles. The van der Waals surface area contributed by atoms with Gasteiger partial charge in [0.1, 0.15) is 5.75 Å². The van der Waals surface area contributed by atoms with Crippen LogP contribution in [0.2, 0.25) is 0 Å². The summed E-state index contributed by atoms with van der Waals surface area (Å²) in [6.45, 7) is 5.15. The second-order valence-electron chi connectivity index (χ2n) is 5.04. The molecule has 0 heterocycles. The maximum Gasteiger partial charge on any atom is 0.237 e. The number of nitrogens with one attached hydrogen (secondary N) is 1. The van der Waals surface area contributed by atoms with Crippen molar-refractivity contribution in [1.29, 1.82) is 0 Å². The Morgan fingerprint density at radius 2 is 2.00 bits per heavy atom. The average molecular weight is 280 g/mol. The van der Waals surface area contributed by atoms with Gasteiger partial charge in [0.25, 0.3) is 0 Å². The first-order chi connectivity index (χ1) is 9.49.